The maximum absolute atomic E-state index is 13.7. The Morgan fingerprint density at radius 3 is 2.65 bits per heavy atom. The molecule has 0 radical (unpaired) electrons. The molecule has 0 fully saturated rings. The molecule has 1 aliphatic heterocycles. The van der Waals surface area contributed by atoms with Crippen LogP contribution in [0.4, 0.5) is 0 Å². The van der Waals surface area contributed by atoms with Gasteiger partial charge in [-0.05, 0) is 37.1 Å². The lowest BCUT2D eigenvalue weighted by atomic mass is 9.84. The van der Waals surface area contributed by atoms with Crippen LogP contribution in [0.2, 0.25) is 0 Å². The molecule has 2 N–H and O–H groups in total. The van der Waals surface area contributed by atoms with E-state index in [2.05, 4.69) is 12.1 Å². The fourth-order valence-corrected chi connectivity index (χ4v) is 4.03. The smallest absolute Gasteiger partial charge is 0.259 e. The number of nitrogens with zero attached hydrogens (tertiary/aromatic N) is 2. The minimum atomic E-state index is -0.638. The molecule has 0 amide bonds. The lowest BCUT2D eigenvalue weighted by Crippen LogP contribution is -2.33. The summed E-state index contributed by atoms with van der Waals surface area (Å²) in [5.74, 6) is 0.389. The van der Waals surface area contributed by atoms with Crippen LogP contribution in [0.25, 0.3) is 0 Å². The van der Waals surface area contributed by atoms with Crippen molar-refractivity contribution in [2.24, 2.45) is 5.73 Å². The summed E-state index contributed by atoms with van der Waals surface area (Å²) in [7, 11) is 1.57. The topological polar surface area (TPSA) is 90.3 Å². The number of hydrogen-bond donors (Lipinski definition) is 1. The molecule has 3 aromatic rings. The number of methoxy groups -OCH3 is 1. The minimum absolute atomic E-state index is 0.0121. The zero-order valence-corrected chi connectivity index (χ0v) is 17.7. The fraction of sp³-hybridized carbons (Fsp3) is 0.200. The molecule has 156 valence electrons. The Labute approximate surface area is 180 Å². The van der Waals surface area contributed by atoms with Gasteiger partial charge in [0.1, 0.15) is 23.1 Å². The number of ether oxygens (including phenoxy) is 2. The number of rotatable bonds is 4. The summed E-state index contributed by atoms with van der Waals surface area (Å²) in [6, 6.07) is 19.3. The van der Waals surface area contributed by atoms with Gasteiger partial charge in [-0.3, -0.25) is 4.79 Å². The van der Waals surface area contributed by atoms with E-state index in [1.54, 1.807) is 17.7 Å². The van der Waals surface area contributed by atoms with Crippen molar-refractivity contribution in [3.05, 3.63) is 104 Å². The highest BCUT2D eigenvalue weighted by molar-refractivity contribution is 5.56. The molecule has 2 heterocycles. The first kappa shape index (κ1) is 20.3. The molecule has 31 heavy (non-hydrogen) atoms. The first-order valence-electron chi connectivity index (χ1n) is 9.94. The summed E-state index contributed by atoms with van der Waals surface area (Å²) >= 11 is 0. The molecule has 1 aliphatic rings. The van der Waals surface area contributed by atoms with Gasteiger partial charge in [0.15, 0.2) is 0 Å². The largest absolute Gasteiger partial charge is 0.497 e. The zero-order chi connectivity index (χ0) is 22.1. The van der Waals surface area contributed by atoms with Gasteiger partial charge in [0, 0.05) is 11.8 Å². The summed E-state index contributed by atoms with van der Waals surface area (Å²) in [5.41, 5.74) is 10.1. The molecule has 1 aromatic heterocycles. The second-order valence-electron chi connectivity index (χ2n) is 7.65. The summed E-state index contributed by atoms with van der Waals surface area (Å²) in [5, 5.41) is 9.82. The Kier molecular flexibility index (Phi) is 5.26. The predicted molar refractivity (Wildman–Crippen MR) is 118 cm³/mol. The van der Waals surface area contributed by atoms with Crippen LogP contribution in [-0.2, 0) is 6.54 Å². The van der Waals surface area contributed by atoms with Crippen molar-refractivity contribution in [2.75, 3.05) is 7.11 Å². The standard InChI is InChI=1S/C25H23N3O3/c1-15-6-4-7-17(10-15)14-28-16(2)11-21-23(25(28)29)22(20(13-26)24(27)31-21)18-8-5-9-19(12-18)30-3/h4-12,22H,14,27H2,1-3H3/t22-/m0/s1. The maximum atomic E-state index is 13.7. The molecule has 6 nitrogen and oxygen atoms in total. The normalized spacial score (nSPS) is 15.1. The molecule has 0 saturated heterocycles. The van der Waals surface area contributed by atoms with Crippen molar-refractivity contribution >= 4 is 0 Å². The van der Waals surface area contributed by atoms with E-state index in [-0.39, 0.29) is 17.0 Å². The Morgan fingerprint density at radius 2 is 1.94 bits per heavy atom. The van der Waals surface area contributed by atoms with E-state index in [4.69, 9.17) is 15.2 Å². The maximum Gasteiger partial charge on any atom is 0.259 e. The van der Waals surface area contributed by atoms with E-state index in [0.29, 0.717) is 23.6 Å². The number of aromatic nitrogens is 1. The molecule has 4 rings (SSSR count). The van der Waals surface area contributed by atoms with Crippen molar-refractivity contribution in [3.63, 3.8) is 0 Å². The van der Waals surface area contributed by atoms with E-state index in [9.17, 15) is 10.1 Å². The highest BCUT2D eigenvalue weighted by atomic mass is 16.5. The van der Waals surface area contributed by atoms with Crippen molar-refractivity contribution in [3.8, 4) is 17.6 Å². The lowest BCUT2D eigenvalue weighted by Gasteiger charge is -2.27. The molecule has 0 aliphatic carbocycles. The Balaban J connectivity index is 1.92. The average molecular weight is 413 g/mol. The lowest BCUT2D eigenvalue weighted by molar-refractivity contribution is 0.388. The summed E-state index contributed by atoms with van der Waals surface area (Å²) < 4.78 is 12.8. The van der Waals surface area contributed by atoms with Gasteiger partial charge in [0.2, 0.25) is 5.88 Å². The number of nitriles is 1. The molecule has 0 unspecified atom stereocenters. The van der Waals surface area contributed by atoms with Crippen LogP contribution in [0, 0.1) is 25.2 Å². The summed E-state index contributed by atoms with van der Waals surface area (Å²) in [6.45, 7) is 4.30. The molecule has 0 saturated carbocycles. The summed E-state index contributed by atoms with van der Waals surface area (Å²) in [4.78, 5) is 13.7. The van der Waals surface area contributed by atoms with Gasteiger partial charge in [0.25, 0.3) is 5.56 Å². The third kappa shape index (κ3) is 3.66. The highest BCUT2D eigenvalue weighted by Gasteiger charge is 2.34. The Bertz CT molecular complexity index is 1300. The van der Waals surface area contributed by atoms with Crippen LogP contribution < -0.4 is 20.8 Å². The number of benzene rings is 2. The van der Waals surface area contributed by atoms with Crippen molar-refractivity contribution in [1.82, 2.24) is 4.57 Å². The molecular weight excluding hydrogens is 390 g/mol. The predicted octanol–water partition coefficient (Wildman–Crippen LogP) is 3.74. The van der Waals surface area contributed by atoms with Gasteiger partial charge < -0.3 is 19.8 Å². The van der Waals surface area contributed by atoms with Crippen molar-refractivity contribution in [2.45, 2.75) is 26.3 Å². The molecule has 0 bridgehead atoms. The van der Waals surface area contributed by atoms with Crippen LogP contribution in [0.1, 0.15) is 33.9 Å². The van der Waals surface area contributed by atoms with E-state index >= 15 is 0 Å². The van der Waals surface area contributed by atoms with Crippen LogP contribution >= 0.6 is 0 Å². The average Bonchev–Trinajstić information content (AvgIpc) is 2.76. The highest BCUT2D eigenvalue weighted by Crippen LogP contribution is 2.41. The molecule has 2 aromatic carbocycles. The number of fused-ring (bicyclic) bond motifs is 1. The SMILES string of the molecule is COc1cccc([C@H]2C(C#N)=C(N)Oc3cc(C)n(Cc4cccc(C)c4)c(=O)c32)c1. The number of nitrogens with two attached hydrogens (primary N) is 1. The van der Waals surface area contributed by atoms with Crippen molar-refractivity contribution < 1.29 is 9.47 Å². The van der Waals surface area contributed by atoms with Gasteiger partial charge in [-0.1, -0.05) is 42.0 Å². The Morgan fingerprint density at radius 1 is 1.16 bits per heavy atom. The van der Waals surface area contributed by atoms with Gasteiger partial charge in [-0.2, -0.15) is 5.26 Å². The van der Waals surface area contributed by atoms with Crippen LogP contribution in [0.15, 0.2) is 70.8 Å². The molecule has 6 heteroatoms. The number of allylic oxidation sites excluding steroid dienone is 1. The third-order valence-corrected chi connectivity index (χ3v) is 5.54. The monoisotopic (exact) mass is 413 g/mol. The van der Waals surface area contributed by atoms with E-state index in [0.717, 1.165) is 22.4 Å². The minimum Gasteiger partial charge on any atom is -0.497 e. The van der Waals surface area contributed by atoms with Gasteiger partial charge in [0.05, 0.1) is 25.1 Å². The molecule has 1 atom stereocenters. The molecule has 0 spiro atoms. The van der Waals surface area contributed by atoms with E-state index in [1.807, 2.05) is 56.3 Å². The van der Waals surface area contributed by atoms with E-state index < -0.39 is 5.92 Å². The quantitative estimate of drug-likeness (QED) is 0.704. The first-order chi connectivity index (χ1) is 14.9. The number of hydrogen-bond acceptors (Lipinski definition) is 5. The molecular formula is C25H23N3O3. The third-order valence-electron chi connectivity index (χ3n) is 5.54. The van der Waals surface area contributed by atoms with Gasteiger partial charge in [-0.25, -0.2) is 0 Å². The second-order valence-corrected chi connectivity index (χ2v) is 7.65. The van der Waals surface area contributed by atoms with Gasteiger partial charge >= 0.3 is 0 Å². The second kappa shape index (κ2) is 8.04. The van der Waals surface area contributed by atoms with Crippen molar-refractivity contribution in [1.29, 1.82) is 5.26 Å². The van der Waals surface area contributed by atoms with Crippen LogP contribution in [0.3, 0.4) is 0 Å². The first-order valence-corrected chi connectivity index (χ1v) is 9.94. The zero-order valence-electron chi connectivity index (χ0n) is 17.7. The summed E-state index contributed by atoms with van der Waals surface area (Å²) in [6.07, 6.45) is 0. The number of aryl methyl sites for hydroxylation is 2. The number of pyridine rings is 1. The van der Waals surface area contributed by atoms with E-state index in [1.165, 1.54) is 0 Å². The Hall–Kier alpha value is -3.98. The van der Waals surface area contributed by atoms with Crippen LogP contribution in [-0.4, -0.2) is 11.7 Å². The fourth-order valence-electron chi connectivity index (χ4n) is 4.03. The van der Waals surface area contributed by atoms with Crippen LogP contribution in [0.5, 0.6) is 11.5 Å². The van der Waals surface area contributed by atoms with Gasteiger partial charge in [-0.15, -0.1) is 0 Å².